The minimum atomic E-state index is -0.0168. The highest BCUT2D eigenvalue weighted by molar-refractivity contribution is 5.81. The Morgan fingerprint density at radius 3 is 2.54 bits per heavy atom. The largest absolute Gasteiger partial charge is 0.375 e. The van der Waals surface area contributed by atoms with Gasteiger partial charge in [0.25, 0.3) is 0 Å². The van der Waals surface area contributed by atoms with E-state index in [0.29, 0.717) is 12.0 Å². The summed E-state index contributed by atoms with van der Waals surface area (Å²) in [5.74, 6) is 0.576. The third-order valence-electron chi connectivity index (χ3n) is 6.58. The molecule has 4 rings (SSSR count). The van der Waals surface area contributed by atoms with E-state index < -0.39 is 0 Å². The first-order chi connectivity index (χ1) is 12.5. The summed E-state index contributed by atoms with van der Waals surface area (Å²) in [5, 5.41) is 3.29. The number of piperidine rings is 1. The van der Waals surface area contributed by atoms with Crippen molar-refractivity contribution in [1.82, 2.24) is 10.2 Å². The van der Waals surface area contributed by atoms with E-state index in [1.54, 1.807) is 0 Å². The molecule has 2 heterocycles. The van der Waals surface area contributed by atoms with E-state index in [-0.39, 0.29) is 11.5 Å². The van der Waals surface area contributed by atoms with Gasteiger partial charge in [-0.2, -0.15) is 0 Å². The number of hydrogen-bond donors (Lipinski definition) is 1. The maximum atomic E-state index is 12.1. The Hall–Kier alpha value is -1.39. The molecule has 1 N–H and O–H groups in total. The molecule has 4 heteroatoms. The van der Waals surface area contributed by atoms with Gasteiger partial charge in [-0.1, -0.05) is 18.2 Å². The molecule has 1 spiro atoms. The van der Waals surface area contributed by atoms with Gasteiger partial charge in [0, 0.05) is 38.2 Å². The van der Waals surface area contributed by atoms with Crippen molar-refractivity contribution in [2.45, 2.75) is 70.6 Å². The lowest BCUT2D eigenvalue weighted by atomic mass is 9.82. The molecule has 1 aromatic carbocycles. The van der Waals surface area contributed by atoms with Crippen molar-refractivity contribution in [2.75, 3.05) is 19.7 Å². The fourth-order valence-corrected chi connectivity index (χ4v) is 4.60. The lowest BCUT2D eigenvalue weighted by Gasteiger charge is -2.46. The second-order valence-electron chi connectivity index (χ2n) is 8.65. The second kappa shape index (κ2) is 7.32. The molecule has 0 bridgehead atoms. The average Bonchev–Trinajstić information content (AvgIpc) is 3.45. The normalized spacial score (nSPS) is 26.0. The van der Waals surface area contributed by atoms with Crippen LogP contribution in [0.25, 0.3) is 0 Å². The summed E-state index contributed by atoms with van der Waals surface area (Å²) in [6.45, 7) is 8.41. The molecule has 0 radical (unpaired) electrons. The predicted molar refractivity (Wildman–Crippen MR) is 103 cm³/mol. The lowest BCUT2D eigenvalue weighted by Crippen LogP contribution is -2.53. The number of benzene rings is 1. The van der Waals surface area contributed by atoms with Crippen LogP contribution < -0.4 is 5.32 Å². The molecule has 3 aliphatic rings. The molecular formula is C22H32N2O2. The van der Waals surface area contributed by atoms with Crippen molar-refractivity contribution in [3.05, 3.63) is 34.9 Å². The van der Waals surface area contributed by atoms with Crippen LogP contribution in [0.2, 0.25) is 0 Å². The van der Waals surface area contributed by atoms with Crippen molar-refractivity contribution < 1.29 is 9.53 Å². The first-order valence-corrected chi connectivity index (χ1v) is 10.3. The quantitative estimate of drug-likeness (QED) is 0.900. The van der Waals surface area contributed by atoms with E-state index in [9.17, 15) is 4.79 Å². The van der Waals surface area contributed by atoms with Crippen LogP contribution in [0.15, 0.2) is 18.2 Å². The number of carbonyl (C=O) groups excluding carboxylic acids is 1. The van der Waals surface area contributed by atoms with Crippen molar-refractivity contribution in [2.24, 2.45) is 5.92 Å². The van der Waals surface area contributed by atoms with Gasteiger partial charge in [-0.25, -0.2) is 0 Å². The first kappa shape index (κ1) is 18.0. The maximum absolute atomic E-state index is 12.1. The SMILES string of the molecule is Cc1cccc(C)c1CN1CCC2(CC1)CC(NC(=O)C1CC1)CCO2. The van der Waals surface area contributed by atoms with Crippen LogP contribution in [0.5, 0.6) is 0 Å². The number of hydrogen-bond acceptors (Lipinski definition) is 3. The van der Waals surface area contributed by atoms with Crippen LogP contribution in [-0.2, 0) is 16.1 Å². The van der Waals surface area contributed by atoms with Crippen LogP contribution in [-0.4, -0.2) is 42.1 Å². The molecule has 2 aliphatic heterocycles. The molecular weight excluding hydrogens is 324 g/mol. The molecule has 1 amide bonds. The fraction of sp³-hybridized carbons (Fsp3) is 0.682. The first-order valence-electron chi connectivity index (χ1n) is 10.3. The summed E-state index contributed by atoms with van der Waals surface area (Å²) in [7, 11) is 0. The monoisotopic (exact) mass is 356 g/mol. The number of aryl methyl sites for hydroxylation is 2. The summed E-state index contributed by atoms with van der Waals surface area (Å²) < 4.78 is 6.26. The third kappa shape index (κ3) is 3.96. The second-order valence-corrected chi connectivity index (χ2v) is 8.65. The minimum Gasteiger partial charge on any atom is -0.375 e. The van der Waals surface area contributed by atoms with Crippen molar-refractivity contribution in [3.8, 4) is 0 Å². The summed E-state index contributed by atoms with van der Waals surface area (Å²) in [6, 6.07) is 6.88. The molecule has 1 saturated carbocycles. The van der Waals surface area contributed by atoms with Gasteiger partial charge in [-0.15, -0.1) is 0 Å². The number of carbonyl (C=O) groups is 1. The highest BCUT2D eigenvalue weighted by atomic mass is 16.5. The fourth-order valence-electron chi connectivity index (χ4n) is 4.60. The van der Waals surface area contributed by atoms with E-state index in [1.165, 1.54) is 16.7 Å². The van der Waals surface area contributed by atoms with Gasteiger partial charge in [0.1, 0.15) is 0 Å². The van der Waals surface area contributed by atoms with Gasteiger partial charge in [0.15, 0.2) is 0 Å². The van der Waals surface area contributed by atoms with Gasteiger partial charge >= 0.3 is 0 Å². The van der Waals surface area contributed by atoms with Crippen molar-refractivity contribution >= 4 is 5.91 Å². The Bertz CT molecular complexity index is 640. The number of nitrogens with zero attached hydrogens (tertiary/aromatic N) is 1. The smallest absolute Gasteiger partial charge is 0.223 e. The molecule has 1 aliphatic carbocycles. The lowest BCUT2D eigenvalue weighted by molar-refractivity contribution is -0.132. The van der Waals surface area contributed by atoms with Crippen LogP contribution in [0.4, 0.5) is 0 Å². The number of rotatable bonds is 4. The topological polar surface area (TPSA) is 41.6 Å². The van der Waals surface area contributed by atoms with E-state index in [4.69, 9.17) is 4.74 Å². The van der Waals surface area contributed by atoms with E-state index >= 15 is 0 Å². The maximum Gasteiger partial charge on any atom is 0.223 e. The van der Waals surface area contributed by atoms with E-state index in [2.05, 4.69) is 42.3 Å². The Kier molecular flexibility index (Phi) is 5.07. The highest BCUT2D eigenvalue weighted by Crippen LogP contribution is 2.36. The molecule has 1 atom stereocenters. The Labute approximate surface area is 157 Å². The number of ether oxygens (including phenoxy) is 1. The minimum absolute atomic E-state index is 0.0168. The zero-order chi connectivity index (χ0) is 18.1. The van der Waals surface area contributed by atoms with Crippen LogP contribution in [0, 0.1) is 19.8 Å². The van der Waals surface area contributed by atoms with Gasteiger partial charge in [0.05, 0.1) is 5.60 Å². The van der Waals surface area contributed by atoms with Crippen molar-refractivity contribution in [1.29, 1.82) is 0 Å². The molecule has 2 saturated heterocycles. The summed E-state index contributed by atoms with van der Waals surface area (Å²) in [6.07, 6.45) is 6.26. The van der Waals surface area contributed by atoms with E-state index in [0.717, 1.165) is 64.8 Å². The Morgan fingerprint density at radius 2 is 1.88 bits per heavy atom. The molecule has 26 heavy (non-hydrogen) atoms. The van der Waals surface area contributed by atoms with Crippen LogP contribution in [0.3, 0.4) is 0 Å². The molecule has 0 aromatic heterocycles. The van der Waals surface area contributed by atoms with Crippen LogP contribution >= 0.6 is 0 Å². The summed E-state index contributed by atoms with van der Waals surface area (Å²) >= 11 is 0. The molecule has 1 unspecified atom stereocenters. The van der Waals surface area contributed by atoms with E-state index in [1.807, 2.05) is 0 Å². The average molecular weight is 357 g/mol. The zero-order valence-corrected chi connectivity index (χ0v) is 16.2. The summed E-state index contributed by atoms with van der Waals surface area (Å²) in [4.78, 5) is 14.7. The Balaban J connectivity index is 1.32. The number of amides is 1. The predicted octanol–water partition coefficient (Wildman–Crippen LogP) is 3.34. The van der Waals surface area contributed by atoms with Gasteiger partial charge < -0.3 is 10.1 Å². The molecule has 142 valence electrons. The standard InChI is InChI=1S/C22H32N2O2/c1-16-4-3-5-17(2)20(16)15-24-11-9-22(10-12-24)14-19(8-13-26-22)23-21(25)18-6-7-18/h3-5,18-19H,6-15H2,1-2H3,(H,23,25). The molecule has 1 aromatic rings. The van der Waals surface area contributed by atoms with Gasteiger partial charge in [-0.05, 0) is 69.1 Å². The third-order valence-corrected chi connectivity index (χ3v) is 6.58. The summed E-state index contributed by atoms with van der Waals surface area (Å²) in [5.41, 5.74) is 4.24. The Morgan fingerprint density at radius 1 is 1.19 bits per heavy atom. The van der Waals surface area contributed by atoms with Crippen LogP contribution in [0.1, 0.15) is 55.2 Å². The zero-order valence-electron chi connectivity index (χ0n) is 16.2. The highest BCUT2D eigenvalue weighted by Gasteiger charge is 2.41. The molecule has 3 fully saturated rings. The van der Waals surface area contributed by atoms with Gasteiger partial charge in [0.2, 0.25) is 5.91 Å². The number of nitrogens with one attached hydrogen (secondary N) is 1. The molecule has 4 nitrogen and oxygen atoms in total. The van der Waals surface area contributed by atoms with Crippen molar-refractivity contribution in [3.63, 3.8) is 0 Å². The number of likely N-dealkylation sites (tertiary alicyclic amines) is 1. The van der Waals surface area contributed by atoms with Gasteiger partial charge in [-0.3, -0.25) is 9.69 Å².